The van der Waals surface area contributed by atoms with Crippen LogP contribution in [-0.4, -0.2) is 16.9 Å². The summed E-state index contributed by atoms with van der Waals surface area (Å²) >= 11 is 6.25. The Morgan fingerprint density at radius 1 is 1.11 bits per heavy atom. The fourth-order valence-electron chi connectivity index (χ4n) is 1.83. The van der Waals surface area contributed by atoms with Crippen molar-refractivity contribution in [3.8, 4) is 0 Å². The van der Waals surface area contributed by atoms with Crippen molar-refractivity contribution in [3.05, 3.63) is 47.0 Å². The highest BCUT2D eigenvalue weighted by Gasteiger charge is 2.13. The molecule has 2 rings (SSSR count). The number of halogens is 1. The van der Waals surface area contributed by atoms with Crippen LogP contribution in [0.3, 0.4) is 0 Å². The molecule has 4 heteroatoms. The van der Waals surface area contributed by atoms with E-state index in [1.54, 1.807) is 0 Å². The molecule has 0 aliphatic heterocycles. The molecular formula is C14H11ClO3. The summed E-state index contributed by atoms with van der Waals surface area (Å²) in [5.41, 5.74) is 0.796. The monoisotopic (exact) mass is 262 g/mol. The predicted octanol–water partition coefficient (Wildman–Crippen LogP) is 3.08. The van der Waals surface area contributed by atoms with Gasteiger partial charge in [-0.15, -0.1) is 0 Å². The molecular weight excluding hydrogens is 252 g/mol. The van der Waals surface area contributed by atoms with Gasteiger partial charge in [-0.3, -0.25) is 4.79 Å². The Morgan fingerprint density at radius 2 is 1.83 bits per heavy atom. The van der Waals surface area contributed by atoms with Crippen LogP contribution in [0.4, 0.5) is 0 Å². The number of aryl methyl sites for hydroxylation is 1. The minimum Gasteiger partial charge on any atom is -0.476 e. The Bertz CT molecular complexity index is 619. The largest absolute Gasteiger partial charge is 0.476 e. The Hall–Kier alpha value is -1.87. The van der Waals surface area contributed by atoms with E-state index in [4.69, 9.17) is 16.7 Å². The number of carboxylic acids is 1. The summed E-state index contributed by atoms with van der Waals surface area (Å²) < 4.78 is 0. The molecule has 0 spiro atoms. The predicted molar refractivity (Wildman–Crippen MR) is 69.9 cm³/mol. The van der Waals surface area contributed by atoms with Gasteiger partial charge in [-0.05, 0) is 17.4 Å². The SMILES string of the molecule is O=C(O)C(=O)CCc1ccc2ccccc2c1Cl. The Kier molecular flexibility index (Phi) is 3.63. The van der Waals surface area contributed by atoms with Gasteiger partial charge in [0.05, 0.1) is 5.02 Å². The maximum Gasteiger partial charge on any atom is 0.372 e. The molecule has 92 valence electrons. The van der Waals surface area contributed by atoms with E-state index in [1.165, 1.54) is 0 Å². The van der Waals surface area contributed by atoms with E-state index in [2.05, 4.69) is 0 Å². The van der Waals surface area contributed by atoms with Crippen molar-refractivity contribution >= 4 is 34.1 Å². The Balaban J connectivity index is 2.27. The number of hydrogen-bond acceptors (Lipinski definition) is 2. The standard InChI is InChI=1S/C14H11ClO3/c15-13-10(7-8-12(16)14(17)18)6-5-9-3-1-2-4-11(9)13/h1-6H,7-8H2,(H,17,18). The molecule has 1 N–H and O–H groups in total. The minimum absolute atomic E-state index is 0.0343. The fraction of sp³-hybridized carbons (Fsp3) is 0.143. The number of carbonyl (C=O) groups excluding carboxylic acids is 1. The summed E-state index contributed by atoms with van der Waals surface area (Å²) in [4.78, 5) is 21.5. The molecule has 0 radical (unpaired) electrons. The van der Waals surface area contributed by atoms with E-state index in [0.717, 1.165) is 16.3 Å². The highest BCUT2D eigenvalue weighted by molar-refractivity contribution is 6.36. The third-order valence-electron chi connectivity index (χ3n) is 2.80. The average Bonchev–Trinajstić information content (AvgIpc) is 2.38. The topological polar surface area (TPSA) is 54.4 Å². The van der Waals surface area contributed by atoms with Gasteiger partial charge >= 0.3 is 5.97 Å². The summed E-state index contributed by atoms with van der Waals surface area (Å²) in [5.74, 6) is -2.19. The molecule has 0 heterocycles. The average molecular weight is 263 g/mol. The van der Waals surface area contributed by atoms with Gasteiger partial charge in [0.15, 0.2) is 0 Å². The maximum atomic E-state index is 11.0. The summed E-state index contributed by atoms with van der Waals surface area (Å²) in [5, 5.41) is 11.0. The van der Waals surface area contributed by atoms with Crippen LogP contribution in [0.1, 0.15) is 12.0 Å². The lowest BCUT2D eigenvalue weighted by Gasteiger charge is -2.06. The number of fused-ring (bicyclic) bond motifs is 1. The summed E-state index contributed by atoms with van der Waals surface area (Å²) in [6.07, 6.45) is 0.308. The number of carboxylic acid groups (broad SMARTS) is 1. The van der Waals surface area contributed by atoms with Crippen LogP contribution in [0.15, 0.2) is 36.4 Å². The van der Waals surface area contributed by atoms with E-state index in [0.29, 0.717) is 11.4 Å². The molecule has 0 bridgehead atoms. The van der Waals surface area contributed by atoms with Crippen molar-refractivity contribution < 1.29 is 14.7 Å². The lowest BCUT2D eigenvalue weighted by Crippen LogP contribution is -2.13. The van der Waals surface area contributed by atoms with Gasteiger partial charge in [-0.1, -0.05) is 48.0 Å². The first-order chi connectivity index (χ1) is 8.59. The number of hydrogen-bond donors (Lipinski definition) is 1. The molecule has 2 aromatic rings. The first-order valence-electron chi connectivity index (χ1n) is 5.52. The van der Waals surface area contributed by atoms with Crippen LogP contribution in [0.25, 0.3) is 10.8 Å². The van der Waals surface area contributed by atoms with E-state index >= 15 is 0 Å². The third kappa shape index (κ3) is 2.51. The quantitative estimate of drug-likeness (QED) is 0.862. The van der Waals surface area contributed by atoms with E-state index in [1.807, 2.05) is 36.4 Å². The molecule has 3 nitrogen and oxygen atoms in total. The second kappa shape index (κ2) is 5.19. The normalized spacial score (nSPS) is 10.5. The van der Waals surface area contributed by atoms with Crippen LogP contribution < -0.4 is 0 Å². The molecule has 0 amide bonds. The van der Waals surface area contributed by atoms with Gasteiger partial charge in [0.2, 0.25) is 5.78 Å². The first-order valence-corrected chi connectivity index (χ1v) is 5.89. The van der Waals surface area contributed by atoms with Crippen LogP contribution in [0, 0.1) is 0 Å². The van der Waals surface area contributed by atoms with E-state index < -0.39 is 11.8 Å². The molecule has 18 heavy (non-hydrogen) atoms. The lowest BCUT2D eigenvalue weighted by molar-refractivity contribution is -0.149. The second-order valence-electron chi connectivity index (χ2n) is 3.99. The van der Waals surface area contributed by atoms with Crippen molar-refractivity contribution in [1.82, 2.24) is 0 Å². The van der Waals surface area contributed by atoms with Gasteiger partial charge < -0.3 is 5.11 Å². The van der Waals surface area contributed by atoms with E-state index in [-0.39, 0.29) is 6.42 Å². The Labute approximate surface area is 109 Å². The lowest BCUT2D eigenvalue weighted by atomic mass is 10.0. The number of ketones is 1. The van der Waals surface area contributed by atoms with Crippen LogP contribution >= 0.6 is 11.6 Å². The van der Waals surface area contributed by atoms with Crippen molar-refractivity contribution in [1.29, 1.82) is 0 Å². The zero-order valence-electron chi connectivity index (χ0n) is 9.52. The van der Waals surface area contributed by atoms with Crippen molar-refractivity contribution in [2.75, 3.05) is 0 Å². The smallest absolute Gasteiger partial charge is 0.372 e. The number of benzene rings is 2. The first kappa shape index (κ1) is 12.6. The third-order valence-corrected chi connectivity index (χ3v) is 3.25. The molecule has 2 aromatic carbocycles. The summed E-state index contributed by atoms with van der Waals surface area (Å²) in [7, 11) is 0. The fourth-order valence-corrected chi connectivity index (χ4v) is 2.16. The molecule has 0 atom stereocenters. The van der Waals surface area contributed by atoms with Crippen LogP contribution in [0.5, 0.6) is 0 Å². The van der Waals surface area contributed by atoms with Gasteiger partial charge in [-0.2, -0.15) is 0 Å². The summed E-state index contributed by atoms with van der Waals surface area (Å²) in [6, 6.07) is 11.4. The Morgan fingerprint density at radius 3 is 2.56 bits per heavy atom. The molecule has 0 unspecified atom stereocenters. The molecule has 0 saturated carbocycles. The van der Waals surface area contributed by atoms with Gasteiger partial charge in [0, 0.05) is 11.8 Å². The highest BCUT2D eigenvalue weighted by atomic mass is 35.5. The zero-order valence-corrected chi connectivity index (χ0v) is 10.3. The van der Waals surface area contributed by atoms with Gasteiger partial charge in [0.25, 0.3) is 0 Å². The molecule has 0 saturated heterocycles. The summed E-state index contributed by atoms with van der Waals surface area (Å²) in [6.45, 7) is 0. The minimum atomic E-state index is -1.40. The number of rotatable bonds is 4. The molecule has 0 aliphatic carbocycles. The van der Waals surface area contributed by atoms with Gasteiger partial charge in [-0.25, -0.2) is 4.79 Å². The molecule has 0 aromatic heterocycles. The zero-order chi connectivity index (χ0) is 13.1. The number of carbonyl (C=O) groups is 2. The second-order valence-corrected chi connectivity index (χ2v) is 4.37. The molecule has 0 fully saturated rings. The van der Waals surface area contributed by atoms with Crippen molar-refractivity contribution in [2.45, 2.75) is 12.8 Å². The maximum absolute atomic E-state index is 11.0. The highest BCUT2D eigenvalue weighted by Crippen LogP contribution is 2.27. The number of aliphatic carboxylic acids is 1. The van der Waals surface area contributed by atoms with Crippen molar-refractivity contribution in [3.63, 3.8) is 0 Å². The molecule has 0 aliphatic rings. The number of Topliss-reactive ketones (excluding diaryl/α,β-unsaturated/α-hetero) is 1. The van der Waals surface area contributed by atoms with Crippen LogP contribution in [0.2, 0.25) is 5.02 Å². The van der Waals surface area contributed by atoms with Crippen LogP contribution in [-0.2, 0) is 16.0 Å². The van der Waals surface area contributed by atoms with E-state index in [9.17, 15) is 9.59 Å². The van der Waals surface area contributed by atoms with Gasteiger partial charge in [0.1, 0.15) is 0 Å². The van der Waals surface area contributed by atoms with Crippen molar-refractivity contribution in [2.24, 2.45) is 0 Å².